The highest BCUT2D eigenvalue weighted by atomic mass is 16.7. The molecule has 1 aromatic rings. The summed E-state index contributed by atoms with van der Waals surface area (Å²) in [5.74, 6) is 0.918. The van der Waals surface area contributed by atoms with Gasteiger partial charge in [0.05, 0.1) is 17.3 Å². The van der Waals surface area contributed by atoms with Gasteiger partial charge in [-0.15, -0.1) is 0 Å². The molecule has 0 unspecified atom stereocenters. The molecule has 0 aliphatic carbocycles. The van der Waals surface area contributed by atoms with Crippen LogP contribution in [0.25, 0.3) is 0 Å². The zero-order valence-electron chi connectivity index (χ0n) is 14.8. The summed E-state index contributed by atoms with van der Waals surface area (Å²) in [4.78, 5) is 6.74. The second-order valence-electron chi connectivity index (χ2n) is 7.73. The van der Waals surface area contributed by atoms with Crippen molar-refractivity contribution >= 4 is 18.4 Å². The second-order valence-corrected chi connectivity index (χ2v) is 7.73. The van der Waals surface area contributed by atoms with Gasteiger partial charge in [0, 0.05) is 24.7 Å². The molecule has 1 atom stereocenters. The number of rotatable bonds is 2. The van der Waals surface area contributed by atoms with Crippen LogP contribution in [0, 0.1) is 6.92 Å². The minimum Gasteiger partial charge on any atom is -0.399 e. The molecule has 126 valence electrons. The number of aliphatic hydroxyl groups is 1. The number of hydrogen-bond donors (Lipinski definition) is 1. The van der Waals surface area contributed by atoms with Gasteiger partial charge in [-0.2, -0.15) is 0 Å². The van der Waals surface area contributed by atoms with Crippen LogP contribution in [0.2, 0.25) is 0 Å². The Morgan fingerprint density at radius 2 is 1.91 bits per heavy atom. The van der Waals surface area contributed by atoms with Gasteiger partial charge in [-0.05, 0) is 59.1 Å². The summed E-state index contributed by atoms with van der Waals surface area (Å²) in [6, 6.07) is 2.07. The second kappa shape index (κ2) is 5.76. The Morgan fingerprint density at radius 3 is 2.48 bits per heavy atom. The summed E-state index contributed by atoms with van der Waals surface area (Å²) in [5.41, 5.74) is 1.39. The molecule has 2 aliphatic rings. The lowest BCUT2D eigenvalue weighted by atomic mass is 9.77. The van der Waals surface area contributed by atoms with E-state index in [-0.39, 0.29) is 24.4 Å². The first-order valence-electron chi connectivity index (χ1n) is 8.45. The van der Waals surface area contributed by atoms with Crippen LogP contribution in [-0.2, 0) is 9.31 Å². The van der Waals surface area contributed by atoms with Crippen molar-refractivity contribution in [3.8, 4) is 0 Å². The van der Waals surface area contributed by atoms with Gasteiger partial charge < -0.3 is 19.3 Å². The number of aromatic nitrogens is 1. The van der Waals surface area contributed by atoms with E-state index in [2.05, 4.69) is 50.6 Å². The molecule has 2 aliphatic heterocycles. The Hall–Kier alpha value is -1.11. The first-order chi connectivity index (χ1) is 10.7. The fraction of sp³-hybridized carbons (Fsp3) is 0.706. The van der Waals surface area contributed by atoms with Crippen LogP contribution in [0.15, 0.2) is 12.3 Å². The topological polar surface area (TPSA) is 54.8 Å². The van der Waals surface area contributed by atoms with Gasteiger partial charge in [0.2, 0.25) is 0 Å². The summed E-state index contributed by atoms with van der Waals surface area (Å²) < 4.78 is 12.2. The van der Waals surface area contributed by atoms with Gasteiger partial charge in [0.25, 0.3) is 0 Å². The molecule has 0 aromatic carbocycles. The minimum atomic E-state index is -0.381. The lowest BCUT2D eigenvalue weighted by Crippen LogP contribution is -2.41. The van der Waals surface area contributed by atoms with Crippen molar-refractivity contribution in [1.82, 2.24) is 4.98 Å². The lowest BCUT2D eigenvalue weighted by Gasteiger charge is -2.32. The number of nitrogens with zero attached hydrogens (tertiary/aromatic N) is 2. The maximum atomic E-state index is 9.84. The molecule has 0 radical (unpaired) electrons. The number of piperidine rings is 1. The van der Waals surface area contributed by atoms with Crippen LogP contribution in [0.1, 0.15) is 46.1 Å². The number of pyridine rings is 1. The third-order valence-electron chi connectivity index (χ3n) is 5.36. The van der Waals surface area contributed by atoms with Crippen molar-refractivity contribution in [2.45, 2.75) is 64.8 Å². The molecule has 1 N–H and O–H groups in total. The van der Waals surface area contributed by atoms with Gasteiger partial charge >= 0.3 is 7.12 Å². The first-order valence-corrected chi connectivity index (χ1v) is 8.45. The van der Waals surface area contributed by atoms with Crippen molar-refractivity contribution < 1.29 is 14.4 Å². The van der Waals surface area contributed by atoms with Gasteiger partial charge in [0.1, 0.15) is 5.82 Å². The average Bonchev–Trinajstić information content (AvgIpc) is 2.67. The lowest BCUT2D eigenvalue weighted by molar-refractivity contribution is 0.00578. The fourth-order valence-corrected chi connectivity index (χ4v) is 3.10. The number of β-amino-alcohol motifs (C(OH)–C–C–N with tert-alkyl or cyclic N) is 1. The van der Waals surface area contributed by atoms with Crippen molar-refractivity contribution in [2.24, 2.45) is 0 Å². The van der Waals surface area contributed by atoms with Crippen LogP contribution in [0.4, 0.5) is 5.82 Å². The minimum absolute atomic E-state index is 0.256. The van der Waals surface area contributed by atoms with Crippen molar-refractivity contribution in [2.75, 3.05) is 18.0 Å². The Morgan fingerprint density at radius 1 is 1.26 bits per heavy atom. The molecular weight excluding hydrogens is 291 g/mol. The molecule has 23 heavy (non-hydrogen) atoms. The van der Waals surface area contributed by atoms with E-state index in [1.807, 2.05) is 6.20 Å². The van der Waals surface area contributed by atoms with Crippen LogP contribution in [0.5, 0.6) is 0 Å². The Labute approximate surface area is 139 Å². The summed E-state index contributed by atoms with van der Waals surface area (Å²) in [6.45, 7) is 11.9. The highest BCUT2D eigenvalue weighted by Gasteiger charge is 2.52. The number of anilines is 1. The van der Waals surface area contributed by atoms with Crippen molar-refractivity contribution in [3.63, 3.8) is 0 Å². The molecule has 3 rings (SSSR count). The number of aryl methyl sites for hydroxylation is 1. The third-order valence-corrected chi connectivity index (χ3v) is 5.36. The van der Waals surface area contributed by atoms with Crippen LogP contribution in [-0.4, -0.2) is 47.6 Å². The fourth-order valence-electron chi connectivity index (χ4n) is 3.10. The first kappa shape index (κ1) is 16.7. The van der Waals surface area contributed by atoms with Crippen LogP contribution in [0.3, 0.4) is 0 Å². The molecule has 0 saturated carbocycles. The van der Waals surface area contributed by atoms with E-state index in [1.165, 1.54) is 0 Å². The van der Waals surface area contributed by atoms with E-state index in [0.29, 0.717) is 6.54 Å². The largest absolute Gasteiger partial charge is 0.496 e. The van der Waals surface area contributed by atoms with Gasteiger partial charge in [-0.3, -0.25) is 0 Å². The molecule has 0 bridgehead atoms. The monoisotopic (exact) mass is 318 g/mol. The molecule has 3 heterocycles. The van der Waals surface area contributed by atoms with E-state index in [4.69, 9.17) is 9.31 Å². The zero-order valence-corrected chi connectivity index (χ0v) is 14.8. The molecule has 2 fully saturated rings. The molecule has 5 nitrogen and oxygen atoms in total. The summed E-state index contributed by atoms with van der Waals surface area (Å²) in [5, 5.41) is 9.84. The SMILES string of the molecule is Cc1cc(N2CCC[C@@H](O)C2)ncc1B1OC(C)(C)C(C)(C)O1. The summed E-state index contributed by atoms with van der Waals surface area (Å²) in [6.07, 6.45) is 3.48. The Bertz CT molecular complexity index is 575. The smallest absolute Gasteiger partial charge is 0.399 e. The summed E-state index contributed by atoms with van der Waals surface area (Å²) in [7, 11) is -0.381. The van der Waals surface area contributed by atoms with Crippen molar-refractivity contribution in [1.29, 1.82) is 0 Å². The zero-order chi connectivity index (χ0) is 16.8. The van der Waals surface area contributed by atoms with Gasteiger partial charge in [-0.1, -0.05) is 0 Å². The summed E-state index contributed by atoms with van der Waals surface area (Å²) >= 11 is 0. The Balaban J connectivity index is 1.81. The molecule has 0 amide bonds. The average molecular weight is 318 g/mol. The maximum Gasteiger partial charge on any atom is 0.496 e. The highest BCUT2D eigenvalue weighted by Crippen LogP contribution is 2.36. The van der Waals surface area contributed by atoms with E-state index in [0.717, 1.165) is 36.2 Å². The predicted octanol–water partition coefficient (Wildman–Crippen LogP) is 1.65. The van der Waals surface area contributed by atoms with Crippen molar-refractivity contribution in [3.05, 3.63) is 17.8 Å². The van der Waals surface area contributed by atoms with Gasteiger partial charge in [0.15, 0.2) is 0 Å². The van der Waals surface area contributed by atoms with E-state index >= 15 is 0 Å². The standard InChI is InChI=1S/C17H27BN2O3/c1-12-9-15(20-8-6-7-13(21)11-20)19-10-14(12)18-22-16(2,3)17(4,5)23-18/h9-10,13,21H,6-8,11H2,1-5H3/t13-/m1/s1. The normalized spacial score (nSPS) is 26.6. The van der Waals surface area contributed by atoms with Gasteiger partial charge in [-0.25, -0.2) is 4.98 Å². The number of aliphatic hydroxyl groups excluding tert-OH is 1. The van der Waals surface area contributed by atoms with E-state index in [9.17, 15) is 5.11 Å². The van der Waals surface area contributed by atoms with E-state index in [1.54, 1.807) is 0 Å². The molecule has 6 heteroatoms. The maximum absolute atomic E-state index is 9.84. The number of hydrogen-bond acceptors (Lipinski definition) is 5. The quantitative estimate of drug-likeness (QED) is 0.841. The molecule has 1 aromatic heterocycles. The molecular formula is C17H27BN2O3. The predicted molar refractivity (Wildman–Crippen MR) is 92.1 cm³/mol. The molecule has 2 saturated heterocycles. The third kappa shape index (κ3) is 3.12. The highest BCUT2D eigenvalue weighted by molar-refractivity contribution is 6.62. The van der Waals surface area contributed by atoms with E-state index < -0.39 is 0 Å². The van der Waals surface area contributed by atoms with Crippen LogP contribution < -0.4 is 10.4 Å². The molecule has 0 spiro atoms. The Kier molecular flexibility index (Phi) is 4.19. The van der Waals surface area contributed by atoms with Crippen LogP contribution >= 0.6 is 0 Å².